The number of hydrogen-bond acceptors (Lipinski definition) is 4. The van der Waals surface area contributed by atoms with E-state index in [1.165, 1.54) is 0 Å². The highest BCUT2D eigenvalue weighted by Gasteiger charge is 2.28. The Morgan fingerprint density at radius 1 is 1.24 bits per heavy atom. The first-order valence-electron chi connectivity index (χ1n) is 7.08. The number of nitrogens with one attached hydrogen (secondary N) is 3. The molecule has 0 radical (unpaired) electrons. The Kier molecular flexibility index (Phi) is 3.47. The molecule has 3 N–H and O–H groups in total. The van der Waals surface area contributed by atoms with Gasteiger partial charge in [0.25, 0.3) is 11.8 Å². The summed E-state index contributed by atoms with van der Waals surface area (Å²) in [5.74, 6) is -0.861. The second-order valence-corrected chi connectivity index (χ2v) is 5.61. The van der Waals surface area contributed by atoms with Gasteiger partial charge in [-0.2, -0.15) is 0 Å². The molecule has 2 aliphatic heterocycles. The Bertz CT molecular complexity index is 627. The summed E-state index contributed by atoms with van der Waals surface area (Å²) in [6.07, 6.45) is 1.61. The number of fused-ring (bicyclic) bond motifs is 1. The highest BCUT2D eigenvalue weighted by Crippen LogP contribution is 2.22. The highest BCUT2D eigenvalue weighted by atomic mass is 16.2. The van der Waals surface area contributed by atoms with Crippen LogP contribution >= 0.6 is 0 Å². The normalized spacial score (nSPS) is 24.4. The molecular formula is C15H17N3O3. The molecule has 1 aromatic carbocycles. The van der Waals surface area contributed by atoms with Gasteiger partial charge < -0.3 is 10.6 Å². The minimum Gasteiger partial charge on any atom is -0.326 e. The minimum absolute atomic E-state index is 0.0232. The maximum Gasteiger partial charge on any atom is 0.259 e. The van der Waals surface area contributed by atoms with Gasteiger partial charge in [-0.05, 0) is 44.5 Å². The van der Waals surface area contributed by atoms with Crippen LogP contribution in [0, 0.1) is 5.92 Å². The summed E-state index contributed by atoms with van der Waals surface area (Å²) in [4.78, 5) is 35.3. The molecule has 0 aromatic heterocycles. The number of amides is 3. The van der Waals surface area contributed by atoms with Crippen LogP contribution in [-0.4, -0.2) is 30.3 Å². The van der Waals surface area contributed by atoms with Gasteiger partial charge in [0.2, 0.25) is 5.91 Å². The molecule has 0 bridgehead atoms. The number of imide groups is 1. The molecule has 6 nitrogen and oxygen atoms in total. The van der Waals surface area contributed by atoms with Crippen molar-refractivity contribution < 1.29 is 14.4 Å². The van der Waals surface area contributed by atoms with Gasteiger partial charge in [0, 0.05) is 17.6 Å². The van der Waals surface area contributed by atoms with E-state index in [9.17, 15) is 14.4 Å². The zero-order valence-corrected chi connectivity index (χ0v) is 11.7. The van der Waals surface area contributed by atoms with E-state index in [4.69, 9.17) is 0 Å². The molecule has 0 saturated carbocycles. The molecule has 2 aliphatic rings. The third kappa shape index (κ3) is 2.67. The van der Waals surface area contributed by atoms with Crippen molar-refractivity contribution in [2.24, 2.45) is 5.92 Å². The fourth-order valence-electron chi connectivity index (χ4n) is 2.86. The Hall–Kier alpha value is -2.21. The zero-order valence-electron chi connectivity index (χ0n) is 11.7. The van der Waals surface area contributed by atoms with Crippen molar-refractivity contribution in [1.29, 1.82) is 0 Å². The van der Waals surface area contributed by atoms with Crippen molar-refractivity contribution in [2.75, 3.05) is 11.9 Å². The molecule has 21 heavy (non-hydrogen) atoms. The van der Waals surface area contributed by atoms with Crippen molar-refractivity contribution in [3.8, 4) is 0 Å². The van der Waals surface area contributed by atoms with Gasteiger partial charge >= 0.3 is 0 Å². The summed E-state index contributed by atoms with van der Waals surface area (Å²) in [6, 6.07) is 5.10. The van der Waals surface area contributed by atoms with Gasteiger partial charge in [0.15, 0.2) is 0 Å². The number of carbonyl (C=O) groups excluding carboxylic acids is 3. The van der Waals surface area contributed by atoms with E-state index in [1.807, 2.05) is 0 Å². The summed E-state index contributed by atoms with van der Waals surface area (Å²) in [6.45, 7) is 2.89. The standard InChI is InChI=1S/C15H17N3O3/c1-8-6-9(4-5-16-8)13(19)17-10-2-3-11-12(7-10)15(21)18-14(11)20/h2-3,7-9,16H,4-6H2,1H3,(H,17,19)(H,18,20,21). The molecular weight excluding hydrogens is 270 g/mol. The molecule has 0 aliphatic carbocycles. The summed E-state index contributed by atoms with van der Waals surface area (Å²) < 4.78 is 0. The Morgan fingerprint density at radius 3 is 2.76 bits per heavy atom. The average molecular weight is 287 g/mol. The Morgan fingerprint density at radius 2 is 2.00 bits per heavy atom. The lowest BCUT2D eigenvalue weighted by Gasteiger charge is -2.27. The number of anilines is 1. The molecule has 2 atom stereocenters. The smallest absolute Gasteiger partial charge is 0.259 e. The monoisotopic (exact) mass is 287 g/mol. The van der Waals surface area contributed by atoms with Crippen molar-refractivity contribution in [3.05, 3.63) is 29.3 Å². The van der Waals surface area contributed by atoms with Gasteiger partial charge in [0.1, 0.15) is 0 Å². The third-order valence-corrected chi connectivity index (χ3v) is 4.00. The molecule has 3 amide bonds. The lowest BCUT2D eigenvalue weighted by molar-refractivity contribution is -0.120. The summed E-state index contributed by atoms with van der Waals surface area (Å²) >= 11 is 0. The van der Waals surface area contributed by atoms with Crippen LogP contribution in [0.3, 0.4) is 0 Å². The van der Waals surface area contributed by atoms with Gasteiger partial charge in [-0.1, -0.05) is 0 Å². The average Bonchev–Trinajstić information content (AvgIpc) is 2.74. The fraction of sp³-hybridized carbons (Fsp3) is 0.400. The second kappa shape index (κ2) is 5.29. The first kappa shape index (κ1) is 13.8. The van der Waals surface area contributed by atoms with Gasteiger partial charge in [-0.3, -0.25) is 19.7 Å². The van der Waals surface area contributed by atoms with Crippen LogP contribution in [0.5, 0.6) is 0 Å². The number of piperidine rings is 1. The largest absolute Gasteiger partial charge is 0.326 e. The molecule has 6 heteroatoms. The maximum absolute atomic E-state index is 12.3. The molecule has 0 spiro atoms. The van der Waals surface area contributed by atoms with Crippen LogP contribution in [0.4, 0.5) is 5.69 Å². The second-order valence-electron chi connectivity index (χ2n) is 5.61. The van der Waals surface area contributed by atoms with E-state index in [2.05, 4.69) is 22.9 Å². The van der Waals surface area contributed by atoms with Crippen molar-refractivity contribution in [1.82, 2.24) is 10.6 Å². The maximum atomic E-state index is 12.3. The number of hydrogen-bond donors (Lipinski definition) is 3. The van der Waals surface area contributed by atoms with Crippen molar-refractivity contribution in [3.63, 3.8) is 0 Å². The Labute approximate surface area is 122 Å². The van der Waals surface area contributed by atoms with Gasteiger partial charge in [-0.25, -0.2) is 0 Å². The number of carbonyl (C=O) groups is 3. The van der Waals surface area contributed by atoms with E-state index in [0.29, 0.717) is 22.9 Å². The first-order valence-corrected chi connectivity index (χ1v) is 7.08. The summed E-state index contributed by atoms with van der Waals surface area (Å²) in [7, 11) is 0. The molecule has 1 fully saturated rings. The van der Waals surface area contributed by atoms with E-state index >= 15 is 0 Å². The molecule has 2 unspecified atom stereocenters. The molecule has 110 valence electrons. The predicted molar refractivity (Wildman–Crippen MR) is 77.1 cm³/mol. The van der Waals surface area contributed by atoms with Gasteiger partial charge in [0.05, 0.1) is 11.1 Å². The van der Waals surface area contributed by atoms with Crippen molar-refractivity contribution >= 4 is 23.4 Å². The molecule has 3 rings (SSSR count). The minimum atomic E-state index is -0.415. The fourth-order valence-corrected chi connectivity index (χ4v) is 2.86. The van der Waals surface area contributed by atoms with E-state index in [1.54, 1.807) is 18.2 Å². The summed E-state index contributed by atoms with van der Waals surface area (Å²) in [5, 5.41) is 8.38. The van der Waals surface area contributed by atoms with Crippen LogP contribution < -0.4 is 16.0 Å². The lowest BCUT2D eigenvalue weighted by atomic mass is 9.92. The number of benzene rings is 1. The van der Waals surface area contributed by atoms with Crippen LogP contribution in [0.15, 0.2) is 18.2 Å². The van der Waals surface area contributed by atoms with E-state index in [-0.39, 0.29) is 17.7 Å². The Balaban J connectivity index is 1.74. The molecule has 2 heterocycles. The van der Waals surface area contributed by atoms with Crippen LogP contribution in [0.2, 0.25) is 0 Å². The summed E-state index contributed by atoms with van der Waals surface area (Å²) in [5.41, 5.74) is 1.22. The topological polar surface area (TPSA) is 87.3 Å². The SMILES string of the molecule is CC1CC(C(=O)Nc2ccc3c(c2)C(=O)NC3=O)CCN1. The predicted octanol–water partition coefficient (Wildman–Crippen LogP) is 0.897. The highest BCUT2D eigenvalue weighted by molar-refractivity contribution is 6.22. The van der Waals surface area contributed by atoms with Crippen LogP contribution in [-0.2, 0) is 4.79 Å². The lowest BCUT2D eigenvalue weighted by Crippen LogP contribution is -2.40. The van der Waals surface area contributed by atoms with Crippen LogP contribution in [0.25, 0.3) is 0 Å². The zero-order chi connectivity index (χ0) is 15.0. The molecule has 1 saturated heterocycles. The van der Waals surface area contributed by atoms with Gasteiger partial charge in [-0.15, -0.1) is 0 Å². The van der Waals surface area contributed by atoms with E-state index in [0.717, 1.165) is 19.4 Å². The third-order valence-electron chi connectivity index (χ3n) is 4.00. The van der Waals surface area contributed by atoms with E-state index < -0.39 is 5.91 Å². The molecule has 1 aromatic rings. The first-order chi connectivity index (χ1) is 10.0. The van der Waals surface area contributed by atoms with Crippen molar-refractivity contribution in [2.45, 2.75) is 25.8 Å². The number of rotatable bonds is 2. The van der Waals surface area contributed by atoms with Crippen LogP contribution in [0.1, 0.15) is 40.5 Å². The quantitative estimate of drug-likeness (QED) is 0.705.